The Labute approximate surface area is 129 Å². The summed E-state index contributed by atoms with van der Waals surface area (Å²) in [6.45, 7) is 0. The Kier molecular flexibility index (Phi) is 4.37. The van der Waals surface area contributed by atoms with Gasteiger partial charge >= 0.3 is 0 Å². The fourth-order valence-corrected chi connectivity index (χ4v) is 2.95. The summed E-state index contributed by atoms with van der Waals surface area (Å²) in [5.74, 6) is 1.48. The van der Waals surface area contributed by atoms with Gasteiger partial charge in [0.25, 0.3) is 0 Å². The van der Waals surface area contributed by atoms with E-state index in [4.69, 9.17) is 4.74 Å². The number of carbonyl (C=O) groups excluding carboxylic acids is 1. The van der Waals surface area contributed by atoms with Crippen LogP contribution in [0.4, 0.5) is 5.82 Å². The minimum atomic E-state index is -0.129. The maximum Gasteiger partial charge on any atom is 0.230 e. The molecule has 22 heavy (non-hydrogen) atoms. The third-order valence-corrected chi connectivity index (χ3v) is 4.05. The number of nitrogens with one attached hydrogen (secondary N) is 2. The van der Waals surface area contributed by atoms with E-state index in [-0.39, 0.29) is 12.3 Å². The van der Waals surface area contributed by atoms with Gasteiger partial charge in [-0.15, -0.1) is 0 Å². The lowest BCUT2D eigenvalue weighted by Gasteiger charge is -2.06. The summed E-state index contributed by atoms with van der Waals surface area (Å²) in [5.41, 5.74) is 1.88. The van der Waals surface area contributed by atoms with Gasteiger partial charge in [-0.3, -0.25) is 9.89 Å². The number of H-pyrrole nitrogens is 1. The number of nitrogens with zero attached hydrogens (tertiary/aromatic N) is 2. The van der Waals surface area contributed by atoms with E-state index >= 15 is 0 Å². The number of amides is 1. The summed E-state index contributed by atoms with van der Waals surface area (Å²) in [6.07, 6.45) is 6.79. The van der Waals surface area contributed by atoms with Crippen LogP contribution in [-0.4, -0.2) is 28.2 Å². The highest BCUT2D eigenvalue weighted by Crippen LogP contribution is 2.33. The number of methoxy groups -OCH3 is 1. The third-order valence-electron chi connectivity index (χ3n) is 4.05. The highest BCUT2D eigenvalue weighted by Gasteiger charge is 2.19. The minimum Gasteiger partial charge on any atom is -0.481 e. The van der Waals surface area contributed by atoms with Crippen LogP contribution in [0.1, 0.15) is 42.9 Å². The molecule has 1 fully saturated rings. The van der Waals surface area contributed by atoms with Crippen molar-refractivity contribution in [3.63, 3.8) is 0 Å². The Balaban J connectivity index is 1.62. The van der Waals surface area contributed by atoms with Crippen LogP contribution in [0.15, 0.2) is 24.4 Å². The molecule has 1 saturated carbocycles. The van der Waals surface area contributed by atoms with Gasteiger partial charge in [0.1, 0.15) is 0 Å². The maximum atomic E-state index is 12.1. The van der Waals surface area contributed by atoms with E-state index in [0.29, 0.717) is 17.6 Å². The van der Waals surface area contributed by atoms with E-state index < -0.39 is 0 Å². The Morgan fingerprint density at radius 2 is 2.27 bits per heavy atom. The number of ether oxygens (including phenoxy) is 1. The Hall–Kier alpha value is -2.37. The van der Waals surface area contributed by atoms with Crippen LogP contribution in [0.2, 0.25) is 0 Å². The zero-order chi connectivity index (χ0) is 15.4. The summed E-state index contributed by atoms with van der Waals surface area (Å²) in [4.78, 5) is 16.2. The lowest BCUT2D eigenvalue weighted by molar-refractivity contribution is -0.115. The second-order valence-electron chi connectivity index (χ2n) is 5.59. The van der Waals surface area contributed by atoms with Crippen molar-refractivity contribution in [2.75, 3.05) is 12.4 Å². The van der Waals surface area contributed by atoms with Crippen LogP contribution in [0.25, 0.3) is 0 Å². The predicted molar refractivity (Wildman–Crippen MR) is 82.9 cm³/mol. The topological polar surface area (TPSA) is 79.9 Å². The molecule has 0 atom stereocenters. The molecule has 2 heterocycles. The molecule has 6 nitrogen and oxygen atoms in total. The standard InChI is InChI=1S/C16H20N4O2/c1-22-16-12(7-4-8-17-16)9-15(21)18-14-10-13(19-20-14)11-5-2-3-6-11/h4,7-8,10-11H,2-3,5-6,9H2,1H3,(H2,18,19,20,21). The first kappa shape index (κ1) is 14.6. The van der Waals surface area contributed by atoms with E-state index in [1.54, 1.807) is 19.4 Å². The van der Waals surface area contributed by atoms with Crippen LogP contribution < -0.4 is 10.1 Å². The number of hydrogen-bond donors (Lipinski definition) is 2. The number of aromatic nitrogens is 3. The fraction of sp³-hybridized carbons (Fsp3) is 0.438. The number of anilines is 1. The number of rotatable bonds is 5. The van der Waals surface area contributed by atoms with Crippen molar-refractivity contribution in [1.82, 2.24) is 15.2 Å². The molecule has 2 N–H and O–H groups in total. The van der Waals surface area contributed by atoms with Crippen LogP contribution in [0.5, 0.6) is 5.88 Å². The first-order valence-electron chi connectivity index (χ1n) is 7.59. The number of aromatic amines is 1. The molecule has 2 aromatic rings. The molecule has 0 saturated heterocycles. The molecule has 2 aromatic heterocycles. The summed E-state index contributed by atoms with van der Waals surface area (Å²) >= 11 is 0. The van der Waals surface area contributed by atoms with Gasteiger partial charge in [0.2, 0.25) is 11.8 Å². The highest BCUT2D eigenvalue weighted by atomic mass is 16.5. The van der Waals surface area contributed by atoms with Crippen molar-refractivity contribution in [2.24, 2.45) is 0 Å². The molecule has 0 unspecified atom stereocenters. The molecule has 1 aliphatic rings. The second-order valence-corrected chi connectivity index (χ2v) is 5.59. The summed E-state index contributed by atoms with van der Waals surface area (Å²) in [6, 6.07) is 5.56. The normalized spacial score (nSPS) is 15.0. The molecule has 3 rings (SSSR count). The van der Waals surface area contributed by atoms with Crippen LogP contribution >= 0.6 is 0 Å². The Morgan fingerprint density at radius 1 is 1.45 bits per heavy atom. The number of pyridine rings is 1. The van der Waals surface area contributed by atoms with Gasteiger partial charge in [-0.05, 0) is 18.9 Å². The minimum absolute atomic E-state index is 0.129. The molecule has 0 spiro atoms. The van der Waals surface area contributed by atoms with Crippen LogP contribution in [-0.2, 0) is 11.2 Å². The van der Waals surface area contributed by atoms with Gasteiger partial charge in [-0.1, -0.05) is 18.9 Å². The van der Waals surface area contributed by atoms with Gasteiger partial charge in [-0.25, -0.2) is 4.98 Å². The van der Waals surface area contributed by atoms with Crippen molar-refractivity contribution in [2.45, 2.75) is 38.0 Å². The SMILES string of the molecule is COc1ncccc1CC(=O)Nc1cc(C2CCCC2)[nH]n1. The van der Waals surface area contributed by atoms with Gasteiger partial charge in [0, 0.05) is 29.4 Å². The summed E-state index contributed by atoms with van der Waals surface area (Å²) in [7, 11) is 1.55. The van der Waals surface area contributed by atoms with Crippen molar-refractivity contribution in [3.05, 3.63) is 35.7 Å². The number of hydrogen-bond acceptors (Lipinski definition) is 4. The monoisotopic (exact) mass is 300 g/mol. The summed E-state index contributed by atoms with van der Waals surface area (Å²) in [5, 5.41) is 10.0. The van der Waals surface area contributed by atoms with Crippen molar-refractivity contribution in [1.29, 1.82) is 0 Å². The first-order valence-corrected chi connectivity index (χ1v) is 7.59. The van der Waals surface area contributed by atoms with E-state index in [1.165, 1.54) is 25.7 Å². The molecule has 1 amide bonds. The summed E-state index contributed by atoms with van der Waals surface area (Å²) < 4.78 is 5.16. The number of carbonyl (C=O) groups is 1. The molecule has 0 bridgehead atoms. The van der Waals surface area contributed by atoms with Crippen molar-refractivity contribution in [3.8, 4) is 5.88 Å². The molecule has 0 aliphatic heterocycles. The van der Waals surface area contributed by atoms with E-state index in [1.807, 2.05) is 12.1 Å². The zero-order valence-corrected chi connectivity index (χ0v) is 12.6. The average molecular weight is 300 g/mol. The van der Waals surface area contributed by atoms with E-state index in [2.05, 4.69) is 20.5 Å². The zero-order valence-electron chi connectivity index (χ0n) is 12.6. The van der Waals surface area contributed by atoms with Crippen molar-refractivity contribution >= 4 is 11.7 Å². The van der Waals surface area contributed by atoms with E-state index in [9.17, 15) is 4.79 Å². The molecule has 116 valence electrons. The lowest BCUT2D eigenvalue weighted by Crippen LogP contribution is -2.15. The lowest BCUT2D eigenvalue weighted by atomic mass is 10.0. The van der Waals surface area contributed by atoms with Crippen LogP contribution in [0, 0.1) is 0 Å². The van der Waals surface area contributed by atoms with Gasteiger partial charge in [0.05, 0.1) is 13.5 Å². The largest absolute Gasteiger partial charge is 0.481 e. The Bertz CT molecular complexity index is 647. The van der Waals surface area contributed by atoms with Gasteiger partial charge < -0.3 is 10.1 Å². The highest BCUT2D eigenvalue weighted by molar-refractivity contribution is 5.91. The smallest absolute Gasteiger partial charge is 0.230 e. The van der Waals surface area contributed by atoms with E-state index in [0.717, 1.165) is 11.3 Å². The molecular weight excluding hydrogens is 280 g/mol. The van der Waals surface area contributed by atoms with Gasteiger partial charge in [-0.2, -0.15) is 5.10 Å². The molecule has 0 radical (unpaired) electrons. The first-order chi connectivity index (χ1) is 10.8. The third kappa shape index (κ3) is 3.27. The molecule has 1 aliphatic carbocycles. The fourth-order valence-electron chi connectivity index (χ4n) is 2.95. The molecule has 6 heteroatoms. The Morgan fingerprint density at radius 3 is 3.05 bits per heavy atom. The van der Waals surface area contributed by atoms with Gasteiger partial charge in [0.15, 0.2) is 5.82 Å². The van der Waals surface area contributed by atoms with Crippen molar-refractivity contribution < 1.29 is 9.53 Å². The average Bonchev–Trinajstić information content (AvgIpc) is 3.18. The second kappa shape index (κ2) is 6.60. The maximum absolute atomic E-state index is 12.1. The molecule has 0 aromatic carbocycles. The van der Waals surface area contributed by atoms with Crippen LogP contribution in [0.3, 0.4) is 0 Å². The molecular formula is C16H20N4O2. The predicted octanol–water partition coefficient (Wildman–Crippen LogP) is 2.65. The quantitative estimate of drug-likeness (QED) is 0.889.